The van der Waals surface area contributed by atoms with E-state index in [1.165, 1.54) is 12.8 Å². The van der Waals surface area contributed by atoms with E-state index in [1.807, 2.05) is 35.2 Å². The van der Waals surface area contributed by atoms with Crippen LogP contribution in [0, 0.1) is 0 Å². The Balaban J connectivity index is 1.69. The van der Waals surface area contributed by atoms with E-state index in [0.29, 0.717) is 19.6 Å². The third kappa shape index (κ3) is 6.50. The van der Waals surface area contributed by atoms with E-state index in [0.717, 1.165) is 31.5 Å². The molecule has 1 N–H and O–H groups in total. The van der Waals surface area contributed by atoms with E-state index in [-0.39, 0.29) is 17.9 Å². The minimum Gasteiger partial charge on any atom is -0.353 e. The highest BCUT2D eigenvalue weighted by Crippen LogP contribution is 2.09. The van der Waals surface area contributed by atoms with E-state index < -0.39 is 0 Å². The Labute approximate surface area is 151 Å². The first-order valence-corrected chi connectivity index (χ1v) is 9.46. The third-order valence-electron chi connectivity index (χ3n) is 4.70. The fourth-order valence-electron chi connectivity index (χ4n) is 3.17. The second-order valence-electron chi connectivity index (χ2n) is 6.90. The van der Waals surface area contributed by atoms with Crippen molar-refractivity contribution >= 4 is 11.8 Å². The van der Waals surface area contributed by atoms with Gasteiger partial charge in [0.25, 0.3) is 5.91 Å². The van der Waals surface area contributed by atoms with Gasteiger partial charge in [0.1, 0.15) is 0 Å². The van der Waals surface area contributed by atoms with Gasteiger partial charge in [-0.25, -0.2) is 0 Å². The molecule has 1 atom stereocenters. The molecule has 0 radical (unpaired) electrons. The summed E-state index contributed by atoms with van der Waals surface area (Å²) < 4.78 is 0. The molecule has 1 unspecified atom stereocenters. The van der Waals surface area contributed by atoms with Gasteiger partial charge in [0.2, 0.25) is 5.91 Å². The number of amides is 2. The molecule has 0 saturated carbocycles. The van der Waals surface area contributed by atoms with Gasteiger partial charge in [-0.2, -0.15) is 0 Å². The lowest BCUT2D eigenvalue weighted by atomic mass is 10.1. The Morgan fingerprint density at radius 1 is 1.08 bits per heavy atom. The fraction of sp³-hybridized carbons (Fsp3) is 0.600. The zero-order valence-electron chi connectivity index (χ0n) is 15.5. The van der Waals surface area contributed by atoms with Gasteiger partial charge < -0.3 is 10.2 Å². The molecule has 0 aromatic heterocycles. The molecule has 1 heterocycles. The Kier molecular flexibility index (Phi) is 7.92. The Morgan fingerprint density at radius 3 is 2.40 bits per heavy atom. The van der Waals surface area contributed by atoms with E-state index >= 15 is 0 Å². The molecule has 1 fully saturated rings. The molecule has 0 aliphatic carbocycles. The summed E-state index contributed by atoms with van der Waals surface area (Å²) in [4.78, 5) is 28.6. The second-order valence-corrected chi connectivity index (χ2v) is 6.90. The lowest BCUT2D eigenvalue weighted by Gasteiger charge is -2.34. The van der Waals surface area contributed by atoms with E-state index in [4.69, 9.17) is 0 Å². The first-order valence-electron chi connectivity index (χ1n) is 9.46. The highest BCUT2D eigenvalue weighted by atomic mass is 16.2. The van der Waals surface area contributed by atoms with Crippen LogP contribution in [0.3, 0.4) is 0 Å². The van der Waals surface area contributed by atoms with Gasteiger partial charge in [-0.1, -0.05) is 44.4 Å². The summed E-state index contributed by atoms with van der Waals surface area (Å²) in [6.45, 7) is 7.52. The molecule has 138 valence electrons. The summed E-state index contributed by atoms with van der Waals surface area (Å²) in [6.07, 6.45) is 4.63. The zero-order valence-corrected chi connectivity index (χ0v) is 15.5. The minimum absolute atomic E-state index is 0.0780. The number of nitrogens with zero attached hydrogens (tertiary/aromatic N) is 2. The molecule has 1 aromatic rings. The molecule has 0 spiro atoms. The Bertz CT molecular complexity index is 539. The number of piperazine rings is 1. The summed E-state index contributed by atoms with van der Waals surface area (Å²) in [6, 6.07) is 9.62. The third-order valence-corrected chi connectivity index (χ3v) is 4.70. The van der Waals surface area contributed by atoms with Crippen molar-refractivity contribution in [2.75, 3.05) is 32.7 Å². The second kappa shape index (κ2) is 10.2. The van der Waals surface area contributed by atoms with Gasteiger partial charge in [-0.3, -0.25) is 14.5 Å². The molecule has 1 aliphatic heterocycles. The maximum atomic E-state index is 12.4. The SMILES string of the molecule is CCCCCC(C)NC(=O)CN1CCN(C(=O)c2ccccc2)CC1. The van der Waals surface area contributed by atoms with E-state index in [9.17, 15) is 9.59 Å². The van der Waals surface area contributed by atoms with Crippen LogP contribution in [-0.4, -0.2) is 60.4 Å². The van der Waals surface area contributed by atoms with Gasteiger partial charge in [0, 0.05) is 37.8 Å². The number of hydrogen-bond donors (Lipinski definition) is 1. The van der Waals surface area contributed by atoms with Crippen molar-refractivity contribution in [3.05, 3.63) is 35.9 Å². The van der Waals surface area contributed by atoms with Crippen LogP contribution in [0.1, 0.15) is 49.9 Å². The van der Waals surface area contributed by atoms with Gasteiger partial charge >= 0.3 is 0 Å². The number of unbranched alkanes of at least 4 members (excludes halogenated alkanes) is 2. The van der Waals surface area contributed by atoms with Crippen molar-refractivity contribution in [3.63, 3.8) is 0 Å². The van der Waals surface area contributed by atoms with Crippen LogP contribution in [0.4, 0.5) is 0 Å². The Morgan fingerprint density at radius 2 is 1.76 bits per heavy atom. The summed E-state index contributed by atoms with van der Waals surface area (Å²) in [5.74, 6) is 0.168. The van der Waals surface area contributed by atoms with Gasteiger partial charge in [-0.15, -0.1) is 0 Å². The topological polar surface area (TPSA) is 52.7 Å². The number of carbonyl (C=O) groups excluding carboxylic acids is 2. The molecule has 1 saturated heterocycles. The molecule has 1 aliphatic rings. The van der Waals surface area contributed by atoms with E-state index in [2.05, 4.69) is 24.1 Å². The van der Waals surface area contributed by atoms with Crippen LogP contribution in [0.5, 0.6) is 0 Å². The lowest BCUT2D eigenvalue weighted by molar-refractivity contribution is -0.123. The standard InChI is InChI=1S/C20H31N3O2/c1-3-4-6-9-17(2)21-19(24)16-22-12-14-23(15-13-22)20(25)18-10-7-5-8-11-18/h5,7-8,10-11,17H,3-4,6,9,12-16H2,1-2H3,(H,21,24). The van der Waals surface area contributed by atoms with Crippen molar-refractivity contribution in [2.45, 2.75) is 45.6 Å². The van der Waals surface area contributed by atoms with Crippen LogP contribution in [0.25, 0.3) is 0 Å². The summed E-state index contributed by atoms with van der Waals surface area (Å²) >= 11 is 0. The molecule has 2 amide bonds. The molecule has 25 heavy (non-hydrogen) atoms. The molecular weight excluding hydrogens is 314 g/mol. The van der Waals surface area contributed by atoms with Crippen molar-refractivity contribution in [1.82, 2.24) is 15.1 Å². The average molecular weight is 345 g/mol. The first-order chi connectivity index (χ1) is 12.1. The summed E-state index contributed by atoms with van der Waals surface area (Å²) in [5, 5.41) is 3.08. The van der Waals surface area contributed by atoms with Crippen LogP contribution in [0.15, 0.2) is 30.3 Å². The van der Waals surface area contributed by atoms with Crippen molar-refractivity contribution in [2.24, 2.45) is 0 Å². The minimum atomic E-state index is 0.0780. The normalized spacial score (nSPS) is 16.5. The van der Waals surface area contributed by atoms with Gasteiger partial charge in [0.05, 0.1) is 6.54 Å². The molecule has 1 aromatic carbocycles. The first kappa shape index (κ1) is 19.4. The maximum absolute atomic E-state index is 12.4. The predicted molar refractivity (Wildman–Crippen MR) is 101 cm³/mol. The number of rotatable bonds is 8. The van der Waals surface area contributed by atoms with Crippen molar-refractivity contribution in [3.8, 4) is 0 Å². The van der Waals surface area contributed by atoms with Crippen molar-refractivity contribution < 1.29 is 9.59 Å². The number of benzene rings is 1. The maximum Gasteiger partial charge on any atom is 0.253 e. The molecular formula is C20H31N3O2. The monoisotopic (exact) mass is 345 g/mol. The van der Waals surface area contributed by atoms with E-state index in [1.54, 1.807) is 0 Å². The quantitative estimate of drug-likeness (QED) is 0.737. The van der Waals surface area contributed by atoms with Crippen LogP contribution in [-0.2, 0) is 4.79 Å². The predicted octanol–water partition coefficient (Wildman–Crippen LogP) is 2.53. The lowest BCUT2D eigenvalue weighted by Crippen LogP contribution is -2.51. The highest BCUT2D eigenvalue weighted by Gasteiger charge is 2.23. The number of nitrogens with one attached hydrogen (secondary N) is 1. The van der Waals surface area contributed by atoms with Crippen LogP contribution >= 0.6 is 0 Å². The summed E-state index contributed by atoms with van der Waals surface area (Å²) in [5.41, 5.74) is 0.731. The number of hydrogen-bond acceptors (Lipinski definition) is 3. The summed E-state index contributed by atoms with van der Waals surface area (Å²) in [7, 11) is 0. The average Bonchev–Trinajstić information content (AvgIpc) is 2.62. The Hall–Kier alpha value is -1.88. The van der Waals surface area contributed by atoms with Crippen LogP contribution in [0.2, 0.25) is 0 Å². The fourth-order valence-corrected chi connectivity index (χ4v) is 3.17. The molecule has 5 nitrogen and oxygen atoms in total. The number of carbonyl (C=O) groups is 2. The highest BCUT2D eigenvalue weighted by molar-refractivity contribution is 5.94. The van der Waals surface area contributed by atoms with Gasteiger partial charge in [0.15, 0.2) is 0 Å². The smallest absolute Gasteiger partial charge is 0.253 e. The van der Waals surface area contributed by atoms with Crippen molar-refractivity contribution in [1.29, 1.82) is 0 Å². The molecule has 0 bridgehead atoms. The van der Waals surface area contributed by atoms with Crippen LogP contribution < -0.4 is 5.32 Å². The van der Waals surface area contributed by atoms with Gasteiger partial charge in [-0.05, 0) is 25.5 Å². The zero-order chi connectivity index (χ0) is 18.1. The molecule has 5 heteroatoms. The molecule has 2 rings (SSSR count). The largest absolute Gasteiger partial charge is 0.353 e.